The van der Waals surface area contributed by atoms with Gasteiger partial charge in [-0.25, -0.2) is 0 Å². The van der Waals surface area contributed by atoms with E-state index in [1.54, 1.807) is 24.3 Å². The van der Waals surface area contributed by atoms with Gasteiger partial charge in [0.05, 0.1) is 22.8 Å². The number of ether oxygens (including phenoxy) is 1. The van der Waals surface area contributed by atoms with E-state index in [4.69, 9.17) is 38.5 Å². The van der Waals surface area contributed by atoms with Crippen LogP contribution in [0.15, 0.2) is 47.6 Å². The number of nitrogens with zero attached hydrogens (tertiary/aromatic N) is 1. The summed E-state index contributed by atoms with van der Waals surface area (Å²) in [5, 5.41) is 16.4. The molecule has 2 amide bonds. The van der Waals surface area contributed by atoms with Crippen LogP contribution in [0.2, 0.25) is 10.0 Å². The minimum absolute atomic E-state index is 0.159. The zero-order valence-corrected chi connectivity index (χ0v) is 17.4. The average molecular weight is 466 g/mol. The molecular formula is C20H17Cl2N3O6. The number of para-hydroxylation sites is 1. The van der Waals surface area contributed by atoms with Crippen LogP contribution < -0.4 is 15.8 Å². The SMILES string of the molecule is NC(=O)COc1ccccc1C1=NOC(CC(=O)O)(C(=O)Nc2ccc(Cl)cc2Cl)C1. The molecule has 0 saturated carbocycles. The van der Waals surface area contributed by atoms with Gasteiger partial charge in [0.1, 0.15) is 5.75 Å². The molecule has 3 rings (SSSR count). The molecule has 4 N–H and O–H groups in total. The first-order valence-electron chi connectivity index (χ1n) is 8.94. The molecule has 0 saturated heterocycles. The van der Waals surface area contributed by atoms with E-state index in [-0.39, 0.29) is 35.2 Å². The van der Waals surface area contributed by atoms with Crippen molar-refractivity contribution in [1.29, 1.82) is 0 Å². The van der Waals surface area contributed by atoms with E-state index in [1.807, 2.05) is 0 Å². The lowest BCUT2D eigenvalue weighted by Gasteiger charge is -2.24. The fourth-order valence-electron chi connectivity index (χ4n) is 2.97. The number of aliphatic carboxylic acids is 1. The van der Waals surface area contributed by atoms with E-state index in [9.17, 15) is 19.5 Å². The standard InChI is InChI=1S/C20H17Cl2N3O6/c21-11-5-6-14(13(22)7-11)24-19(29)20(9-18(27)28)8-15(25-31-20)12-3-1-2-4-16(12)30-10-17(23)26/h1-7H,8-10H2,(H2,23,26)(H,24,29)(H,27,28). The molecule has 0 radical (unpaired) electrons. The van der Waals surface area contributed by atoms with Crippen molar-refractivity contribution in [1.82, 2.24) is 0 Å². The van der Waals surface area contributed by atoms with Crippen LogP contribution in [-0.2, 0) is 19.2 Å². The number of halogens is 2. The molecule has 11 heteroatoms. The Balaban J connectivity index is 1.86. The number of carboxylic acid groups (broad SMARTS) is 1. The molecule has 0 spiro atoms. The van der Waals surface area contributed by atoms with Crippen molar-refractivity contribution < 1.29 is 29.1 Å². The highest BCUT2D eigenvalue weighted by Crippen LogP contribution is 2.35. The first-order valence-corrected chi connectivity index (χ1v) is 9.69. The molecule has 162 valence electrons. The first-order chi connectivity index (χ1) is 14.7. The van der Waals surface area contributed by atoms with Crippen molar-refractivity contribution >= 4 is 52.4 Å². The summed E-state index contributed by atoms with van der Waals surface area (Å²) in [4.78, 5) is 40.9. The van der Waals surface area contributed by atoms with Crippen molar-refractivity contribution in [3.8, 4) is 5.75 Å². The fraction of sp³-hybridized carbons (Fsp3) is 0.200. The Bertz CT molecular complexity index is 1070. The normalized spacial score (nSPS) is 17.4. The van der Waals surface area contributed by atoms with E-state index < -0.39 is 29.8 Å². The average Bonchev–Trinajstić information content (AvgIpc) is 3.13. The quantitative estimate of drug-likeness (QED) is 0.547. The number of carboxylic acids is 1. The zero-order chi connectivity index (χ0) is 22.6. The number of hydrogen-bond acceptors (Lipinski definition) is 6. The summed E-state index contributed by atoms with van der Waals surface area (Å²) in [6.45, 7) is -0.360. The number of oxime groups is 1. The van der Waals surface area contributed by atoms with Gasteiger partial charge < -0.3 is 25.7 Å². The third kappa shape index (κ3) is 5.25. The number of amides is 2. The number of carbonyl (C=O) groups is 3. The third-order valence-corrected chi connectivity index (χ3v) is 4.93. The molecule has 2 aromatic rings. The van der Waals surface area contributed by atoms with Crippen molar-refractivity contribution in [2.24, 2.45) is 10.9 Å². The smallest absolute Gasteiger partial charge is 0.308 e. The number of nitrogens with one attached hydrogen (secondary N) is 1. The molecule has 2 aromatic carbocycles. The third-order valence-electron chi connectivity index (χ3n) is 4.38. The van der Waals surface area contributed by atoms with Crippen LogP contribution in [0.3, 0.4) is 0 Å². The van der Waals surface area contributed by atoms with Gasteiger partial charge in [0.25, 0.3) is 11.8 Å². The second-order valence-electron chi connectivity index (χ2n) is 6.70. The monoisotopic (exact) mass is 465 g/mol. The summed E-state index contributed by atoms with van der Waals surface area (Å²) in [6, 6.07) is 11.0. The number of rotatable bonds is 8. The molecule has 1 aliphatic heterocycles. The van der Waals surface area contributed by atoms with Gasteiger partial charge in [0.15, 0.2) is 6.61 Å². The summed E-state index contributed by atoms with van der Waals surface area (Å²) >= 11 is 12.0. The van der Waals surface area contributed by atoms with Crippen LogP contribution in [0.25, 0.3) is 0 Å². The second-order valence-corrected chi connectivity index (χ2v) is 7.54. The lowest BCUT2D eigenvalue weighted by atomic mass is 9.89. The molecule has 0 aromatic heterocycles. The predicted molar refractivity (Wildman–Crippen MR) is 113 cm³/mol. The fourth-order valence-corrected chi connectivity index (χ4v) is 3.43. The highest BCUT2D eigenvalue weighted by Gasteiger charge is 2.49. The van der Waals surface area contributed by atoms with Gasteiger partial charge >= 0.3 is 5.97 Å². The molecule has 0 fully saturated rings. The lowest BCUT2D eigenvalue weighted by molar-refractivity contribution is -0.152. The van der Waals surface area contributed by atoms with Gasteiger partial charge in [-0.15, -0.1) is 0 Å². The number of nitrogens with two attached hydrogens (primary N) is 1. The van der Waals surface area contributed by atoms with Crippen LogP contribution in [-0.4, -0.2) is 40.8 Å². The van der Waals surface area contributed by atoms with Crippen LogP contribution in [0.4, 0.5) is 5.69 Å². The summed E-state index contributed by atoms with van der Waals surface area (Å²) in [7, 11) is 0. The molecule has 1 atom stereocenters. The minimum Gasteiger partial charge on any atom is -0.483 e. The Morgan fingerprint density at radius 3 is 2.65 bits per heavy atom. The highest BCUT2D eigenvalue weighted by molar-refractivity contribution is 6.36. The Morgan fingerprint density at radius 2 is 1.97 bits per heavy atom. The van der Waals surface area contributed by atoms with Crippen molar-refractivity contribution in [3.63, 3.8) is 0 Å². The van der Waals surface area contributed by atoms with Crippen molar-refractivity contribution in [2.45, 2.75) is 18.4 Å². The Hall–Kier alpha value is -3.30. The second kappa shape index (κ2) is 9.23. The largest absolute Gasteiger partial charge is 0.483 e. The summed E-state index contributed by atoms with van der Waals surface area (Å²) < 4.78 is 5.39. The lowest BCUT2D eigenvalue weighted by Crippen LogP contribution is -2.45. The van der Waals surface area contributed by atoms with Gasteiger partial charge in [-0.05, 0) is 30.3 Å². The molecule has 1 aliphatic rings. The topological polar surface area (TPSA) is 140 Å². The van der Waals surface area contributed by atoms with Crippen LogP contribution in [0.1, 0.15) is 18.4 Å². The maximum Gasteiger partial charge on any atom is 0.308 e. The molecular weight excluding hydrogens is 449 g/mol. The summed E-state index contributed by atoms with van der Waals surface area (Å²) in [5.41, 5.74) is 4.26. The van der Waals surface area contributed by atoms with Gasteiger partial charge in [-0.1, -0.05) is 40.5 Å². The molecule has 1 heterocycles. The van der Waals surface area contributed by atoms with E-state index in [2.05, 4.69) is 10.5 Å². The maximum atomic E-state index is 13.0. The van der Waals surface area contributed by atoms with Gasteiger partial charge in [-0.2, -0.15) is 0 Å². The molecule has 0 bridgehead atoms. The Labute approximate surface area is 186 Å². The molecule has 1 unspecified atom stereocenters. The number of anilines is 1. The predicted octanol–water partition coefficient (Wildman–Crippen LogP) is 2.83. The van der Waals surface area contributed by atoms with E-state index in [0.717, 1.165) is 0 Å². The number of benzene rings is 2. The Kier molecular flexibility index (Phi) is 6.67. The number of carbonyl (C=O) groups excluding carboxylic acids is 2. The minimum atomic E-state index is -1.82. The number of hydrogen-bond donors (Lipinski definition) is 3. The first kappa shape index (κ1) is 22.4. The zero-order valence-electron chi connectivity index (χ0n) is 15.9. The van der Waals surface area contributed by atoms with Gasteiger partial charge in [-0.3, -0.25) is 14.4 Å². The highest BCUT2D eigenvalue weighted by atomic mass is 35.5. The van der Waals surface area contributed by atoms with E-state index in [1.165, 1.54) is 18.2 Å². The summed E-state index contributed by atoms with van der Waals surface area (Å²) in [6.07, 6.45) is -0.811. The van der Waals surface area contributed by atoms with Crippen LogP contribution >= 0.6 is 23.2 Å². The maximum absolute atomic E-state index is 13.0. The number of primary amides is 1. The van der Waals surface area contributed by atoms with E-state index in [0.29, 0.717) is 10.6 Å². The Morgan fingerprint density at radius 1 is 1.23 bits per heavy atom. The van der Waals surface area contributed by atoms with Crippen molar-refractivity contribution in [2.75, 3.05) is 11.9 Å². The molecule has 0 aliphatic carbocycles. The van der Waals surface area contributed by atoms with E-state index >= 15 is 0 Å². The van der Waals surface area contributed by atoms with Gasteiger partial charge in [0, 0.05) is 17.0 Å². The molecule has 9 nitrogen and oxygen atoms in total. The van der Waals surface area contributed by atoms with Crippen molar-refractivity contribution in [3.05, 3.63) is 58.1 Å². The molecule has 31 heavy (non-hydrogen) atoms. The van der Waals surface area contributed by atoms with Crippen LogP contribution in [0, 0.1) is 0 Å². The van der Waals surface area contributed by atoms with Crippen LogP contribution in [0.5, 0.6) is 5.75 Å². The van der Waals surface area contributed by atoms with Gasteiger partial charge in [0.2, 0.25) is 5.60 Å². The summed E-state index contributed by atoms with van der Waals surface area (Å²) in [5.74, 6) is -2.38.